The molecule has 3 aliphatic rings. The Bertz CT molecular complexity index is 835. The second kappa shape index (κ2) is 5.41. The minimum absolute atomic E-state index is 0.104. The molecule has 2 aromatic rings. The van der Waals surface area contributed by atoms with E-state index in [0.29, 0.717) is 17.4 Å². The number of carbonyl (C=O) groups is 2. The van der Waals surface area contributed by atoms with Crippen molar-refractivity contribution in [2.75, 3.05) is 4.90 Å². The van der Waals surface area contributed by atoms with Crippen LogP contribution in [0.3, 0.4) is 0 Å². The zero-order chi connectivity index (χ0) is 17.1. The normalized spacial score (nSPS) is 30.4. The average molecular weight is 358 g/mol. The summed E-state index contributed by atoms with van der Waals surface area (Å²) >= 11 is 5.90. The van der Waals surface area contributed by atoms with Crippen molar-refractivity contribution in [2.24, 2.45) is 11.8 Å². The average Bonchev–Trinajstić information content (AvgIpc) is 3.35. The molecule has 1 aromatic heterocycles. The van der Waals surface area contributed by atoms with Crippen molar-refractivity contribution < 1.29 is 14.3 Å². The van der Waals surface area contributed by atoms with E-state index in [-0.39, 0.29) is 35.9 Å². The van der Waals surface area contributed by atoms with E-state index in [1.54, 1.807) is 16.9 Å². The first-order valence-corrected chi connectivity index (χ1v) is 8.81. The van der Waals surface area contributed by atoms with Crippen LogP contribution in [0.4, 0.5) is 5.82 Å². The molecule has 6 nitrogen and oxygen atoms in total. The molecule has 7 heteroatoms. The van der Waals surface area contributed by atoms with Crippen molar-refractivity contribution in [1.82, 2.24) is 9.78 Å². The molecule has 5 rings (SSSR count). The molecule has 25 heavy (non-hydrogen) atoms. The molecule has 3 aliphatic heterocycles. The van der Waals surface area contributed by atoms with Gasteiger partial charge in [-0.15, -0.1) is 0 Å². The van der Waals surface area contributed by atoms with Crippen LogP contribution in [0.2, 0.25) is 5.02 Å². The maximum Gasteiger partial charge on any atom is 0.241 e. The predicted octanol–water partition coefficient (Wildman–Crippen LogP) is 2.25. The summed E-state index contributed by atoms with van der Waals surface area (Å²) in [5.74, 6) is -0.587. The number of halogens is 1. The topological polar surface area (TPSA) is 64.4 Å². The van der Waals surface area contributed by atoms with Crippen LogP contribution in [0.1, 0.15) is 18.4 Å². The van der Waals surface area contributed by atoms with E-state index >= 15 is 0 Å². The van der Waals surface area contributed by atoms with Gasteiger partial charge in [-0.25, -0.2) is 4.90 Å². The van der Waals surface area contributed by atoms with Crippen molar-refractivity contribution >= 4 is 29.2 Å². The van der Waals surface area contributed by atoms with Gasteiger partial charge in [0.1, 0.15) is 0 Å². The van der Waals surface area contributed by atoms with Crippen LogP contribution in [0.25, 0.3) is 0 Å². The molecule has 2 bridgehead atoms. The monoisotopic (exact) mass is 357 g/mol. The highest BCUT2D eigenvalue weighted by Gasteiger charge is 2.63. The lowest BCUT2D eigenvalue weighted by molar-refractivity contribution is -0.124. The molecule has 0 unspecified atom stereocenters. The summed E-state index contributed by atoms with van der Waals surface area (Å²) in [7, 11) is 0. The van der Waals surface area contributed by atoms with Gasteiger partial charge in [-0.1, -0.05) is 23.7 Å². The molecule has 3 saturated heterocycles. The van der Waals surface area contributed by atoms with Crippen molar-refractivity contribution in [3.63, 3.8) is 0 Å². The van der Waals surface area contributed by atoms with Gasteiger partial charge in [0.2, 0.25) is 11.8 Å². The van der Waals surface area contributed by atoms with Crippen molar-refractivity contribution in [3.05, 3.63) is 47.1 Å². The number of rotatable bonds is 3. The molecule has 3 fully saturated rings. The largest absolute Gasteiger partial charge is 0.373 e. The van der Waals surface area contributed by atoms with Crippen LogP contribution in [0.15, 0.2) is 36.5 Å². The number of fused-ring (bicyclic) bond motifs is 5. The van der Waals surface area contributed by atoms with E-state index < -0.39 is 0 Å². The third kappa shape index (κ3) is 2.24. The highest BCUT2D eigenvalue weighted by atomic mass is 35.5. The Morgan fingerprint density at radius 2 is 1.68 bits per heavy atom. The minimum atomic E-state index is -0.326. The van der Waals surface area contributed by atoms with E-state index in [9.17, 15) is 9.59 Å². The fraction of sp³-hybridized carbons (Fsp3) is 0.389. The van der Waals surface area contributed by atoms with Gasteiger partial charge in [0.15, 0.2) is 5.82 Å². The van der Waals surface area contributed by atoms with E-state index in [1.165, 1.54) is 4.90 Å². The second-order valence-corrected chi connectivity index (χ2v) is 7.29. The fourth-order valence-corrected chi connectivity index (χ4v) is 4.40. The summed E-state index contributed by atoms with van der Waals surface area (Å²) in [6, 6.07) is 9.22. The highest BCUT2D eigenvalue weighted by Crippen LogP contribution is 2.49. The van der Waals surface area contributed by atoms with Crippen LogP contribution in [0, 0.1) is 11.8 Å². The molecule has 0 spiro atoms. The van der Waals surface area contributed by atoms with Crippen molar-refractivity contribution in [3.8, 4) is 0 Å². The third-order valence-electron chi connectivity index (χ3n) is 5.40. The second-order valence-electron chi connectivity index (χ2n) is 6.85. The maximum absolute atomic E-state index is 12.8. The Morgan fingerprint density at radius 3 is 2.32 bits per heavy atom. The standard InChI is InChI=1S/C18H16ClN3O3/c19-11-3-1-10(2-4-11)9-21-8-7-14(20-21)22-17(23)15-12-5-6-13(25-12)16(15)18(22)24/h1-4,7-8,12-13,15-16H,5-6,9H2/t12-,13-,15-,16-/m0/s1. The van der Waals surface area contributed by atoms with Gasteiger partial charge in [-0.05, 0) is 30.5 Å². The predicted molar refractivity (Wildman–Crippen MR) is 90.1 cm³/mol. The van der Waals surface area contributed by atoms with Crippen LogP contribution >= 0.6 is 11.6 Å². The maximum atomic E-state index is 12.8. The Hall–Kier alpha value is -2.18. The summed E-state index contributed by atoms with van der Waals surface area (Å²) in [5.41, 5.74) is 1.04. The van der Waals surface area contributed by atoms with Gasteiger partial charge in [0.25, 0.3) is 0 Å². The minimum Gasteiger partial charge on any atom is -0.373 e. The Labute approximate surface area is 149 Å². The molecular weight excluding hydrogens is 342 g/mol. The zero-order valence-electron chi connectivity index (χ0n) is 13.3. The zero-order valence-corrected chi connectivity index (χ0v) is 14.1. The summed E-state index contributed by atoms with van der Waals surface area (Å²) in [6.45, 7) is 0.550. The van der Waals surface area contributed by atoms with Gasteiger partial charge in [0.05, 0.1) is 30.6 Å². The van der Waals surface area contributed by atoms with E-state index in [4.69, 9.17) is 16.3 Å². The molecule has 2 amide bonds. The van der Waals surface area contributed by atoms with Crippen LogP contribution in [-0.2, 0) is 20.9 Å². The summed E-state index contributed by atoms with van der Waals surface area (Å²) < 4.78 is 7.47. The number of hydrogen-bond donors (Lipinski definition) is 0. The summed E-state index contributed by atoms with van der Waals surface area (Å²) in [5, 5.41) is 5.12. The number of aromatic nitrogens is 2. The van der Waals surface area contributed by atoms with Crippen molar-refractivity contribution in [1.29, 1.82) is 0 Å². The molecule has 4 atom stereocenters. The molecule has 0 N–H and O–H groups in total. The molecule has 1 aromatic carbocycles. The first-order chi connectivity index (χ1) is 12.1. The number of benzene rings is 1. The third-order valence-corrected chi connectivity index (χ3v) is 5.65. The van der Waals surface area contributed by atoms with Gasteiger partial charge < -0.3 is 4.74 Å². The lowest BCUT2D eigenvalue weighted by Crippen LogP contribution is -2.34. The molecular formula is C18H16ClN3O3. The molecule has 128 valence electrons. The smallest absolute Gasteiger partial charge is 0.241 e. The molecule has 0 saturated carbocycles. The number of carbonyl (C=O) groups excluding carboxylic acids is 2. The van der Waals surface area contributed by atoms with Gasteiger partial charge in [-0.2, -0.15) is 5.10 Å². The lowest BCUT2D eigenvalue weighted by Gasteiger charge is -2.15. The number of imide groups is 1. The van der Waals surface area contributed by atoms with E-state index in [0.717, 1.165) is 18.4 Å². The van der Waals surface area contributed by atoms with Crippen molar-refractivity contribution in [2.45, 2.75) is 31.6 Å². The lowest BCUT2D eigenvalue weighted by atomic mass is 9.81. The Kier molecular flexibility index (Phi) is 3.27. The number of nitrogens with zero attached hydrogens (tertiary/aromatic N) is 3. The molecule has 0 radical (unpaired) electrons. The van der Waals surface area contributed by atoms with Crippen LogP contribution in [-0.4, -0.2) is 33.8 Å². The first-order valence-electron chi connectivity index (χ1n) is 8.43. The first kappa shape index (κ1) is 15.1. The van der Waals surface area contributed by atoms with Crippen LogP contribution < -0.4 is 4.90 Å². The molecule has 0 aliphatic carbocycles. The van der Waals surface area contributed by atoms with E-state index in [1.807, 2.05) is 24.3 Å². The highest BCUT2D eigenvalue weighted by molar-refractivity contribution is 6.30. The quantitative estimate of drug-likeness (QED) is 0.790. The van der Waals surface area contributed by atoms with Gasteiger partial charge in [0, 0.05) is 17.3 Å². The van der Waals surface area contributed by atoms with Crippen LogP contribution in [0.5, 0.6) is 0 Å². The number of ether oxygens (including phenoxy) is 1. The fourth-order valence-electron chi connectivity index (χ4n) is 4.27. The Balaban J connectivity index is 1.39. The number of anilines is 1. The van der Waals surface area contributed by atoms with Gasteiger partial charge >= 0.3 is 0 Å². The van der Waals surface area contributed by atoms with E-state index in [2.05, 4.69) is 5.10 Å². The van der Waals surface area contributed by atoms with Gasteiger partial charge in [-0.3, -0.25) is 14.3 Å². The SMILES string of the molecule is O=C1[C@@H]2[C@@H](C(=O)N1c1ccn(Cc3ccc(Cl)cc3)n1)[C@@H]1CC[C@@H]2O1. The number of amides is 2. The summed E-state index contributed by atoms with van der Waals surface area (Å²) in [6.07, 6.45) is 3.30. The molecule has 4 heterocycles. The Morgan fingerprint density at radius 1 is 1.04 bits per heavy atom. The summed E-state index contributed by atoms with van der Waals surface area (Å²) in [4.78, 5) is 26.8. The number of hydrogen-bond acceptors (Lipinski definition) is 4.